The highest BCUT2D eigenvalue weighted by atomic mass is 16.6. The number of amides is 1. The topological polar surface area (TPSA) is 122 Å². The van der Waals surface area contributed by atoms with Gasteiger partial charge in [-0.05, 0) is 32.6 Å². The number of rotatable bonds is 4. The first-order chi connectivity index (χ1) is 10.3. The van der Waals surface area contributed by atoms with E-state index in [-0.39, 0.29) is 13.0 Å². The number of ether oxygens (including phenoxy) is 1. The van der Waals surface area contributed by atoms with Crippen LogP contribution in [-0.2, 0) is 14.3 Å². The fraction of sp³-hybridized carbons (Fsp3) is 0.733. The van der Waals surface area contributed by atoms with Crippen LogP contribution in [-0.4, -0.2) is 51.5 Å². The Bertz CT molecular complexity index is 550. The van der Waals surface area contributed by atoms with Crippen molar-refractivity contribution in [2.75, 3.05) is 6.61 Å². The second-order valence-corrected chi connectivity index (χ2v) is 6.67. The molecule has 2 aliphatic heterocycles. The largest absolute Gasteiger partial charge is 0.453 e. The minimum absolute atomic E-state index is 0.164. The number of hydrogen-bond acceptors (Lipinski definition) is 6. The molecular formula is C15H22N2O5. The van der Waals surface area contributed by atoms with Gasteiger partial charge in [0.2, 0.25) is 11.4 Å². The third kappa shape index (κ3) is 1.67. The highest BCUT2D eigenvalue weighted by molar-refractivity contribution is 6.02. The molecule has 3 aliphatic rings. The van der Waals surface area contributed by atoms with E-state index in [9.17, 15) is 14.7 Å². The minimum atomic E-state index is -1.54. The van der Waals surface area contributed by atoms with E-state index in [1.807, 2.05) is 6.08 Å². The molecule has 0 aromatic rings. The number of nitrogens with one attached hydrogen (secondary N) is 1. The average molecular weight is 310 g/mol. The first kappa shape index (κ1) is 15.5. The van der Waals surface area contributed by atoms with Crippen LogP contribution in [0.2, 0.25) is 0 Å². The lowest BCUT2D eigenvalue weighted by Crippen LogP contribution is -2.83. The van der Waals surface area contributed by atoms with Gasteiger partial charge < -0.3 is 26.0 Å². The Hall–Kier alpha value is -1.44. The molecule has 0 aromatic carbocycles. The van der Waals surface area contributed by atoms with Crippen molar-refractivity contribution in [3.8, 4) is 0 Å². The lowest BCUT2D eigenvalue weighted by molar-refractivity contribution is -0.239. The summed E-state index contributed by atoms with van der Waals surface area (Å²) >= 11 is 0. The van der Waals surface area contributed by atoms with E-state index in [4.69, 9.17) is 15.6 Å². The van der Waals surface area contributed by atoms with E-state index in [1.54, 1.807) is 13.0 Å². The molecule has 1 amide bonds. The molecule has 0 saturated carbocycles. The Morgan fingerprint density at radius 2 is 2.27 bits per heavy atom. The zero-order valence-corrected chi connectivity index (χ0v) is 12.5. The minimum Gasteiger partial charge on any atom is -0.453 e. The molecule has 0 unspecified atom stereocenters. The Balaban J connectivity index is 2.00. The van der Waals surface area contributed by atoms with Crippen LogP contribution in [0.15, 0.2) is 12.2 Å². The van der Waals surface area contributed by atoms with E-state index < -0.39 is 40.6 Å². The van der Waals surface area contributed by atoms with Crippen molar-refractivity contribution in [1.29, 1.82) is 0 Å². The molecule has 122 valence electrons. The van der Waals surface area contributed by atoms with E-state index in [0.717, 1.165) is 12.8 Å². The number of nitrogens with two attached hydrogens (primary N) is 1. The van der Waals surface area contributed by atoms with Crippen molar-refractivity contribution < 1.29 is 24.5 Å². The van der Waals surface area contributed by atoms with Gasteiger partial charge in [-0.3, -0.25) is 4.79 Å². The summed E-state index contributed by atoms with van der Waals surface area (Å²) in [5, 5.41) is 22.7. The maximum Gasteiger partial charge on any atom is 0.339 e. The Morgan fingerprint density at radius 3 is 2.82 bits per heavy atom. The van der Waals surface area contributed by atoms with Gasteiger partial charge in [-0.1, -0.05) is 12.2 Å². The number of aliphatic hydroxyl groups excluding tert-OH is 2. The second-order valence-electron chi connectivity index (χ2n) is 6.67. The fourth-order valence-corrected chi connectivity index (χ4v) is 4.09. The zero-order chi connectivity index (χ0) is 16.2. The van der Waals surface area contributed by atoms with Crippen molar-refractivity contribution in [3.05, 3.63) is 12.2 Å². The number of esters is 1. The average Bonchev–Trinajstić information content (AvgIpc) is 2.65. The summed E-state index contributed by atoms with van der Waals surface area (Å²) in [7, 11) is 0. The standard InChI is InChI=1S/C15H22N2O5/c1-13-9(5-8-18)10(19)17-15(13,12(21)22-13)11(20)14(16)6-3-2-4-7-14/h3,6,9,11,18,20H,2,4-5,7-8,16H2,1H3,(H,17,19)/t9-,11-,13-,14-,15-/m0/s1. The van der Waals surface area contributed by atoms with Gasteiger partial charge >= 0.3 is 5.97 Å². The number of aliphatic hydroxyl groups is 2. The van der Waals surface area contributed by atoms with Crippen LogP contribution in [0.5, 0.6) is 0 Å². The Morgan fingerprint density at radius 1 is 1.55 bits per heavy atom. The molecule has 2 saturated heterocycles. The van der Waals surface area contributed by atoms with Crippen molar-refractivity contribution in [1.82, 2.24) is 5.32 Å². The van der Waals surface area contributed by atoms with Crippen LogP contribution in [0.25, 0.3) is 0 Å². The molecule has 0 aromatic heterocycles. The molecule has 5 N–H and O–H groups in total. The van der Waals surface area contributed by atoms with E-state index in [2.05, 4.69) is 5.32 Å². The smallest absolute Gasteiger partial charge is 0.339 e. The number of carbonyl (C=O) groups excluding carboxylic acids is 2. The van der Waals surface area contributed by atoms with E-state index in [0.29, 0.717) is 6.42 Å². The first-order valence-corrected chi connectivity index (χ1v) is 7.63. The molecular weight excluding hydrogens is 288 g/mol. The summed E-state index contributed by atoms with van der Waals surface area (Å²) in [6.07, 6.45) is 4.68. The third-order valence-electron chi connectivity index (χ3n) is 5.46. The maximum atomic E-state index is 12.2. The van der Waals surface area contributed by atoms with Crippen molar-refractivity contribution in [2.24, 2.45) is 11.7 Å². The SMILES string of the molecule is C[C@@]12OC(=O)[C@]1([C@@H](O)[C@]1(N)C=CCCC1)NC(=O)[C@@H]2CCO. The predicted molar refractivity (Wildman–Crippen MR) is 76.5 cm³/mol. The molecule has 0 spiro atoms. The van der Waals surface area contributed by atoms with Gasteiger partial charge in [0.1, 0.15) is 6.10 Å². The molecule has 3 rings (SSSR count). The van der Waals surface area contributed by atoms with Gasteiger partial charge in [0, 0.05) is 6.61 Å². The molecule has 7 nitrogen and oxygen atoms in total. The summed E-state index contributed by atoms with van der Waals surface area (Å²) in [5.41, 5.74) is 2.49. The van der Waals surface area contributed by atoms with Gasteiger partial charge in [0.05, 0.1) is 11.5 Å². The van der Waals surface area contributed by atoms with Crippen LogP contribution in [0.1, 0.15) is 32.6 Å². The first-order valence-electron chi connectivity index (χ1n) is 7.63. The van der Waals surface area contributed by atoms with Gasteiger partial charge in [-0.25, -0.2) is 4.79 Å². The predicted octanol–water partition coefficient (Wildman–Crippen LogP) is -1.03. The highest BCUT2D eigenvalue weighted by Crippen LogP contribution is 2.53. The number of hydrogen-bond donors (Lipinski definition) is 4. The molecule has 7 heteroatoms. The number of allylic oxidation sites excluding steroid dienone is 1. The van der Waals surface area contributed by atoms with Crippen molar-refractivity contribution in [2.45, 2.75) is 55.4 Å². The summed E-state index contributed by atoms with van der Waals surface area (Å²) in [6, 6.07) is 0. The van der Waals surface area contributed by atoms with Crippen molar-refractivity contribution >= 4 is 11.9 Å². The molecule has 0 bridgehead atoms. The van der Waals surface area contributed by atoms with Gasteiger partial charge in [-0.2, -0.15) is 0 Å². The second kappa shape index (κ2) is 4.78. The number of carbonyl (C=O) groups is 2. The third-order valence-corrected chi connectivity index (χ3v) is 5.46. The normalized spacial score (nSPS) is 44.8. The Kier molecular flexibility index (Phi) is 3.36. The quantitative estimate of drug-likeness (QED) is 0.389. The van der Waals surface area contributed by atoms with Gasteiger partial charge in [0.25, 0.3) is 0 Å². The monoisotopic (exact) mass is 310 g/mol. The lowest BCUT2D eigenvalue weighted by atomic mass is 9.62. The van der Waals surface area contributed by atoms with E-state index >= 15 is 0 Å². The van der Waals surface area contributed by atoms with Crippen LogP contribution in [0, 0.1) is 5.92 Å². The zero-order valence-electron chi connectivity index (χ0n) is 12.5. The summed E-state index contributed by atoms with van der Waals surface area (Å²) in [4.78, 5) is 24.5. The summed E-state index contributed by atoms with van der Waals surface area (Å²) in [5.74, 6) is -1.76. The number of fused-ring (bicyclic) bond motifs is 1. The van der Waals surface area contributed by atoms with Crippen LogP contribution >= 0.6 is 0 Å². The lowest BCUT2D eigenvalue weighted by Gasteiger charge is -2.56. The van der Waals surface area contributed by atoms with Gasteiger partial charge in [0.15, 0.2) is 5.60 Å². The highest BCUT2D eigenvalue weighted by Gasteiger charge is 2.80. The van der Waals surface area contributed by atoms with Gasteiger partial charge in [-0.15, -0.1) is 0 Å². The van der Waals surface area contributed by atoms with Crippen LogP contribution in [0.3, 0.4) is 0 Å². The van der Waals surface area contributed by atoms with Crippen LogP contribution < -0.4 is 11.1 Å². The van der Waals surface area contributed by atoms with Crippen molar-refractivity contribution in [3.63, 3.8) is 0 Å². The fourth-order valence-electron chi connectivity index (χ4n) is 4.09. The molecule has 1 aliphatic carbocycles. The Labute approximate surface area is 128 Å². The maximum absolute atomic E-state index is 12.2. The summed E-state index contributed by atoms with van der Waals surface area (Å²) in [6.45, 7) is 1.41. The molecule has 22 heavy (non-hydrogen) atoms. The van der Waals surface area contributed by atoms with E-state index in [1.165, 1.54) is 0 Å². The molecule has 5 atom stereocenters. The molecule has 2 fully saturated rings. The van der Waals surface area contributed by atoms with Crippen LogP contribution in [0.4, 0.5) is 0 Å². The summed E-state index contributed by atoms with van der Waals surface area (Å²) < 4.78 is 5.27. The molecule has 2 heterocycles. The molecule has 0 radical (unpaired) electrons.